The van der Waals surface area contributed by atoms with E-state index in [2.05, 4.69) is 61.4 Å². The molecule has 1 unspecified atom stereocenters. The lowest BCUT2D eigenvalue weighted by Gasteiger charge is -2.60. The Labute approximate surface area is 252 Å². The van der Waals surface area contributed by atoms with Crippen LogP contribution < -0.4 is 0 Å². The molecule has 42 heavy (non-hydrogen) atoms. The molecule has 3 saturated carbocycles. The highest BCUT2D eigenvalue weighted by molar-refractivity contribution is 7.79. The zero-order valence-corrected chi connectivity index (χ0v) is 25.1. The van der Waals surface area contributed by atoms with Crippen molar-refractivity contribution in [2.45, 2.75) is 82.0 Å². The Morgan fingerprint density at radius 3 is 2.64 bits per heavy atom. The number of carbonyl (C=O) groups excluding carboxylic acids is 1. The molecule has 4 aliphatic carbocycles. The number of benzene rings is 1. The molecular weight excluding hydrogens is 550 g/mol. The number of allylic oxidation sites excluding steroid dienone is 2. The highest BCUT2D eigenvalue weighted by atomic mass is 32.1. The van der Waals surface area contributed by atoms with Gasteiger partial charge in [0.25, 0.3) is 0 Å². The van der Waals surface area contributed by atoms with E-state index < -0.39 is 42.2 Å². The molecule has 8 heteroatoms. The van der Waals surface area contributed by atoms with Crippen LogP contribution in [0.1, 0.15) is 62.5 Å². The van der Waals surface area contributed by atoms with Gasteiger partial charge in [-0.05, 0) is 54.7 Å². The highest BCUT2D eigenvalue weighted by Gasteiger charge is 2.75. The molecule has 0 spiro atoms. The molecule has 0 amide bonds. The number of ether oxygens (including phenoxy) is 2. The number of aromatic nitrogens is 1. The Hall–Kier alpha value is -2.20. The number of thiol groups is 1. The van der Waals surface area contributed by atoms with Crippen molar-refractivity contribution in [3.05, 3.63) is 83.2 Å². The number of fused-ring (bicyclic) bond motifs is 7. The highest BCUT2D eigenvalue weighted by Crippen LogP contribution is 2.70. The Morgan fingerprint density at radius 1 is 1.14 bits per heavy atom. The fourth-order valence-corrected chi connectivity index (χ4v) is 9.82. The van der Waals surface area contributed by atoms with Crippen LogP contribution in [0.2, 0.25) is 0 Å². The third kappa shape index (κ3) is 4.02. The number of hydrogen-bond donors (Lipinski definition) is 4. The first kappa shape index (κ1) is 28.6. The van der Waals surface area contributed by atoms with Gasteiger partial charge in [-0.25, -0.2) is 0 Å². The van der Waals surface area contributed by atoms with Gasteiger partial charge < -0.3 is 29.4 Å². The van der Waals surface area contributed by atoms with Gasteiger partial charge in [0.05, 0.1) is 18.3 Å². The topological polar surface area (TPSA) is 101 Å². The Balaban J connectivity index is 1.17. The minimum atomic E-state index is -1.33. The lowest BCUT2D eigenvalue weighted by atomic mass is 9.46. The Bertz CT molecular complexity index is 1430. The van der Waals surface area contributed by atoms with Crippen LogP contribution in [0, 0.1) is 28.6 Å². The molecule has 224 valence electrons. The third-order valence-electron chi connectivity index (χ3n) is 11.5. The molecule has 7 nitrogen and oxygen atoms in total. The van der Waals surface area contributed by atoms with Gasteiger partial charge in [0.15, 0.2) is 17.7 Å². The van der Waals surface area contributed by atoms with Gasteiger partial charge in [0, 0.05) is 47.0 Å². The summed E-state index contributed by atoms with van der Waals surface area (Å²) in [5.41, 5.74) is 2.00. The van der Waals surface area contributed by atoms with Gasteiger partial charge in [-0.1, -0.05) is 61.9 Å². The Morgan fingerprint density at radius 2 is 1.90 bits per heavy atom. The van der Waals surface area contributed by atoms with Gasteiger partial charge in [0.1, 0.15) is 6.61 Å². The largest absolute Gasteiger partial charge is 0.393 e. The quantitative estimate of drug-likeness (QED) is 0.294. The van der Waals surface area contributed by atoms with Gasteiger partial charge in [-0.15, -0.1) is 0 Å². The maximum atomic E-state index is 13.8. The standard InChI is InChI=1S/C34H41NO6S/c1-32-11-9-24(37)13-23(32)7-8-25-26-14-29-34(28(39)18-36,33(26,2)15-27(38)30(25)32)41-31(40-29)22-10-12-35(17-22)16-20-3-5-21(19-42)6-4-20/h3-6,9-13,17,24-27,29-31,36-38,42H,7-8,14-16,18-19H2,1-2H3/t24?,25-,26-,27-,29+,30+,31+,32-,33-,34+/m0/s1. The van der Waals surface area contributed by atoms with Gasteiger partial charge in [0.2, 0.25) is 0 Å². The maximum Gasteiger partial charge on any atom is 0.193 e. The predicted octanol–water partition coefficient (Wildman–Crippen LogP) is 4.36. The third-order valence-corrected chi connectivity index (χ3v) is 11.9. The summed E-state index contributed by atoms with van der Waals surface area (Å²) in [6.07, 6.45) is 10.1. The summed E-state index contributed by atoms with van der Waals surface area (Å²) in [4.78, 5) is 13.8. The van der Waals surface area contributed by atoms with E-state index in [9.17, 15) is 20.1 Å². The fraction of sp³-hybridized carbons (Fsp3) is 0.559. The number of aliphatic hydroxyl groups excluding tert-OH is 3. The summed E-state index contributed by atoms with van der Waals surface area (Å²) in [6.45, 7) is 4.31. The lowest BCUT2D eigenvalue weighted by Crippen LogP contribution is -2.63. The van der Waals surface area contributed by atoms with Crippen molar-refractivity contribution in [3.63, 3.8) is 0 Å². The van der Waals surface area contributed by atoms with Crippen LogP contribution in [-0.4, -0.2) is 56.2 Å². The fourth-order valence-electron chi connectivity index (χ4n) is 9.61. The van der Waals surface area contributed by atoms with E-state index in [0.29, 0.717) is 25.1 Å². The van der Waals surface area contributed by atoms with Gasteiger partial charge in [-0.2, -0.15) is 12.6 Å². The van der Waals surface area contributed by atoms with Crippen LogP contribution >= 0.6 is 12.6 Å². The Kier molecular flexibility index (Phi) is 6.92. The maximum absolute atomic E-state index is 13.8. The molecule has 7 rings (SSSR count). The van der Waals surface area contributed by atoms with Crippen molar-refractivity contribution in [1.82, 2.24) is 4.57 Å². The van der Waals surface area contributed by atoms with E-state index in [-0.39, 0.29) is 29.0 Å². The van der Waals surface area contributed by atoms with Crippen molar-refractivity contribution >= 4 is 18.4 Å². The summed E-state index contributed by atoms with van der Waals surface area (Å²) >= 11 is 4.34. The number of ketones is 1. The number of rotatable bonds is 6. The van der Waals surface area contributed by atoms with Crippen molar-refractivity contribution in [3.8, 4) is 0 Å². The molecule has 1 aromatic heterocycles. The number of hydrogen-bond acceptors (Lipinski definition) is 7. The van der Waals surface area contributed by atoms with E-state index in [1.807, 2.05) is 30.6 Å². The SMILES string of the molecule is C[C@]12C=CC(O)C=C1CC[C@@H]1[C@@H]2[C@@H](O)C[C@@]2(C)[C@H]1C[C@H]1O[C@@H](c3ccn(Cc4ccc(CS)cc4)c3)O[C@]12C(=O)CO. The second-order valence-corrected chi connectivity index (χ2v) is 13.9. The molecule has 3 N–H and O–H groups in total. The van der Waals surface area contributed by atoms with Crippen LogP contribution in [0.15, 0.2) is 66.5 Å². The first-order valence-electron chi connectivity index (χ1n) is 15.2. The minimum absolute atomic E-state index is 0.0221. The smallest absolute Gasteiger partial charge is 0.193 e. The van der Waals surface area contributed by atoms with Crippen LogP contribution in [0.4, 0.5) is 0 Å². The summed E-state index contributed by atoms with van der Waals surface area (Å²) in [5, 5.41) is 32.3. The minimum Gasteiger partial charge on any atom is -0.393 e. The molecule has 1 saturated heterocycles. The van der Waals surface area contributed by atoms with E-state index in [0.717, 1.165) is 18.4 Å². The number of carbonyl (C=O) groups is 1. The number of aliphatic hydroxyl groups is 3. The van der Waals surface area contributed by atoms with Crippen molar-refractivity contribution in [2.75, 3.05) is 6.61 Å². The van der Waals surface area contributed by atoms with Gasteiger partial charge >= 0.3 is 0 Å². The van der Waals surface area contributed by atoms with E-state index in [1.165, 1.54) is 16.7 Å². The van der Waals surface area contributed by atoms with Crippen LogP contribution in [-0.2, 0) is 26.6 Å². The zero-order chi connectivity index (χ0) is 29.4. The zero-order valence-electron chi connectivity index (χ0n) is 24.2. The molecule has 1 aromatic carbocycles. The number of Topliss-reactive ketones (excluding diaryl/α,β-unsaturated/α-hetero) is 1. The van der Waals surface area contributed by atoms with E-state index >= 15 is 0 Å². The average molecular weight is 592 g/mol. The molecule has 2 aromatic rings. The molecule has 10 atom stereocenters. The molecule has 4 fully saturated rings. The number of nitrogens with zero attached hydrogens (tertiary/aromatic N) is 1. The van der Waals surface area contributed by atoms with Crippen molar-refractivity contribution < 1.29 is 29.6 Å². The molecular formula is C34H41NO6S. The summed E-state index contributed by atoms with van der Waals surface area (Å²) in [7, 11) is 0. The second-order valence-electron chi connectivity index (χ2n) is 13.6. The van der Waals surface area contributed by atoms with Crippen LogP contribution in [0.3, 0.4) is 0 Å². The molecule has 1 aliphatic heterocycles. The molecule has 0 radical (unpaired) electrons. The van der Waals surface area contributed by atoms with Crippen molar-refractivity contribution in [2.24, 2.45) is 28.6 Å². The van der Waals surface area contributed by atoms with E-state index in [1.54, 1.807) is 0 Å². The predicted molar refractivity (Wildman–Crippen MR) is 161 cm³/mol. The summed E-state index contributed by atoms with van der Waals surface area (Å²) < 4.78 is 15.4. The van der Waals surface area contributed by atoms with E-state index in [4.69, 9.17) is 9.47 Å². The molecule has 2 heterocycles. The van der Waals surface area contributed by atoms with Gasteiger partial charge in [-0.3, -0.25) is 4.79 Å². The monoisotopic (exact) mass is 591 g/mol. The molecule has 0 bridgehead atoms. The average Bonchev–Trinajstić information content (AvgIpc) is 3.66. The summed E-state index contributed by atoms with van der Waals surface area (Å²) in [5.74, 6) is 0.575. The van der Waals surface area contributed by atoms with Crippen molar-refractivity contribution in [1.29, 1.82) is 0 Å². The lowest BCUT2D eigenvalue weighted by molar-refractivity contribution is -0.201. The first-order valence-corrected chi connectivity index (χ1v) is 15.8. The second kappa shape index (κ2) is 10.2. The first-order chi connectivity index (χ1) is 20.1. The molecule has 5 aliphatic rings. The van der Waals surface area contributed by atoms with Crippen LogP contribution in [0.25, 0.3) is 0 Å². The normalized spacial score (nSPS) is 42.0. The van der Waals surface area contributed by atoms with Crippen LogP contribution in [0.5, 0.6) is 0 Å². The summed E-state index contributed by atoms with van der Waals surface area (Å²) in [6, 6.07) is 10.3.